The normalized spacial score (nSPS) is 17.1. The van der Waals surface area contributed by atoms with Gasteiger partial charge in [-0.3, -0.25) is 19.2 Å². The molecule has 0 saturated carbocycles. The van der Waals surface area contributed by atoms with Crippen molar-refractivity contribution in [2.75, 3.05) is 18.5 Å². The molecule has 1 aromatic carbocycles. The van der Waals surface area contributed by atoms with Gasteiger partial charge in [0.1, 0.15) is 23.2 Å². The molecule has 4 heterocycles. The maximum absolute atomic E-state index is 13.0. The number of carbonyl (C=O) groups excluding carboxylic acids is 4. The molecule has 1 fully saturated rings. The van der Waals surface area contributed by atoms with Crippen LogP contribution in [0.1, 0.15) is 47.3 Å². The van der Waals surface area contributed by atoms with Crippen LogP contribution in [0.3, 0.4) is 0 Å². The number of rotatable bonds is 5. The molecule has 0 aliphatic carbocycles. The van der Waals surface area contributed by atoms with Crippen molar-refractivity contribution in [2.24, 2.45) is 0 Å². The number of likely N-dealkylation sites (tertiary alicyclic amines) is 1. The highest BCUT2D eigenvalue weighted by atomic mass is 16.5. The Kier molecular flexibility index (Phi) is 5.58. The van der Waals surface area contributed by atoms with Gasteiger partial charge in [-0.2, -0.15) is 5.10 Å². The van der Waals surface area contributed by atoms with Crippen LogP contribution in [0, 0.1) is 0 Å². The fourth-order valence-electron chi connectivity index (χ4n) is 4.07. The fraction of sp³-hybridized carbons (Fsp3) is 0.333. The standard InChI is InChI=1S/C24H25N7O5/c1-24(2,3)30-11-16(23(30)35)29-22(34)17-9-15(27-19-6-7-26-31(17)19)21(33)25-10-13-4-5-18-14(8-13)28-20(32)12-36-18/h4-9,16H,10-12H2,1-3H3,(H,25,33)(H,28,32)(H,29,34)/t16-/m0/s1. The number of β-lactam (4-membered cyclic amide) rings is 1. The molecule has 0 spiro atoms. The topological polar surface area (TPSA) is 147 Å². The number of fused-ring (bicyclic) bond motifs is 2. The number of amides is 4. The van der Waals surface area contributed by atoms with E-state index in [1.807, 2.05) is 20.8 Å². The number of carbonyl (C=O) groups is 4. The van der Waals surface area contributed by atoms with Gasteiger partial charge in [0.25, 0.3) is 17.7 Å². The lowest BCUT2D eigenvalue weighted by Crippen LogP contribution is -2.68. The molecule has 1 saturated heterocycles. The van der Waals surface area contributed by atoms with Crippen LogP contribution in [-0.4, -0.2) is 67.9 Å². The molecule has 2 aromatic heterocycles. The molecule has 3 N–H and O–H groups in total. The smallest absolute Gasteiger partial charge is 0.270 e. The van der Waals surface area contributed by atoms with E-state index >= 15 is 0 Å². The summed E-state index contributed by atoms with van der Waals surface area (Å²) in [4.78, 5) is 55.9. The van der Waals surface area contributed by atoms with Gasteiger partial charge in [0.2, 0.25) is 5.91 Å². The Balaban J connectivity index is 1.30. The average Bonchev–Trinajstić information content (AvgIpc) is 3.31. The summed E-state index contributed by atoms with van der Waals surface area (Å²) < 4.78 is 6.67. The summed E-state index contributed by atoms with van der Waals surface area (Å²) in [5.41, 5.74) is 1.38. The van der Waals surface area contributed by atoms with Crippen LogP contribution in [0.4, 0.5) is 5.69 Å². The van der Waals surface area contributed by atoms with Crippen molar-refractivity contribution in [1.82, 2.24) is 30.1 Å². The Morgan fingerprint density at radius 1 is 1.17 bits per heavy atom. The highest BCUT2D eigenvalue weighted by molar-refractivity contribution is 6.01. The molecule has 186 valence electrons. The number of nitrogens with one attached hydrogen (secondary N) is 3. The summed E-state index contributed by atoms with van der Waals surface area (Å²) in [6, 6.07) is 7.50. The Hall–Kier alpha value is -4.48. The van der Waals surface area contributed by atoms with Crippen molar-refractivity contribution in [2.45, 2.75) is 38.9 Å². The van der Waals surface area contributed by atoms with Crippen LogP contribution < -0.4 is 20.7 Å². The summed E-state index contributed by atoms with van der Waals surface area (Å²) in [6.07, 6.45) is 1.47. The molecule has 36 heavy (non-hydrogen) atoms. The summed E-state index contributed by atoms with van der Waals surface area (Å²) in [5.74, 6) is -0.876. The molecular weight excluding hydrogens is 466 g/mol. The van der Waals surface area contributed by atoms with E-state index in [-0.39, 0.29) is 41.9 Å². The molecule has 2 aliphatic heterocycles. The minimum Gasteiger partial charge on any atom is -0.482 e. The second-order valence-electron chi connectivity index (χ2n) is 9.62. The third-order valence-electron chi connectivity index (χ3n) is 6.00. The molecule has 0 unspecified atom stereocenters. The van der Waals surface area contributed by atoms with Gasteiger partial charge in [-0.05, 0) is 38.5 Å². The molecular formula is C24H25N7O5. The molecule has 0 radical (unpaired) electrons. The van der Waals surface area contributed by atoms with Crippen molar-refractivity contribution in [3.05, 3.63) is 53.5 Å². The van der Waals surface area contributed by atoms with Crippen molar-refractivity contribution >= 4 is 35.0 Å². The lowest BCUT2D eigenvalue weighted by molar-refractivity contribution is -0.150. The van der Waals surface area contributed by atoms with E-state index in [0.29, 0.717) is 23.6 Å². The Morgan fingerprint density at radius 2 is 1.97 bits per heavy atom. The minimum atomic E-state index is -0.638. The maximum Gasteiger partial charge on any atom is 0.270 e. The Labute approximate surface area is 206 Å². The summed E-state index contributed by atoms with van der Waals surface area (Å²) in [7, 11) is 0. The van der Waals surface area contributed by atoms with Crippen LogP contribution >= 0.6 is 0 Å². The van der Waals surface area contributed by atoms with Crippen LogP contribution in [0.2, 0.25) is 0 Å². The summed E-state index contributed by atoms with van der Waals surface area (Å²) in [5, 5.41) is 12.3. The van der Waals surface area contributed by atoms with Gasteiger partial charge in [-0.15, -0.1) is 0 Å². The number of ether oxygens (including phenoxy) is 1. The van der Waals surface area contributed by atoms with E-state index in [9.17, 15) is 19.2 Å². The van der Waals surface area contributed by atoms with Crippen molar-refractivity contribution in [3.8, 4) is 5.75 Å². The first-order valence-corrected chi connectivity index (χ1v) is 11.4. The second-order valence-corrected chi connectivity index (χ2v) is 9.62. The van der Waals surface area contributed by atoms with Crippen LogP contribution in [0.5, 0.6) is 5.75 Å². The van der Waals surface area contributed by atoms with Crippen LogP contribution in [0.15, 0.2) is 36.5 Å². The van der Waals surface area contributed by atoms with Crippen LogP contribution in [-0.2, 0) is 16.1 Å². The van der Waals surface area contributed by atoms with Gasteiger partial charge >= 0.3 is 0 Å². The van der Waals surface area contributed by atoms with E-state index < -0.39 is 17.9 Å². The predicted molar refractivity (Wildman–Crippen MR) is 127 cm³/mol. The largest absolute Gasteiger partial charge is 0.482 e. The lowest BCUT2D eigenvalue weighted by atomic mass is 9.96. The highest BCUT2D eigenvalue weighted by Gasteiger charge is 2.43. The summed E-state index contributed by atoms with van der Waals surface area (Å²) >= 11 is 0. The van der Waals surface area contributed by atoms with Gasteiger partial charge in [0, 0.05) is 24.2 Å². The van der Waals surface area contributed by atoms with Gasteiger partial charge in [0.05, 0.1) is 18.4 Å². The number of aromatic nitrogens is 3. The molecule has 0 bridgehead atoms. The molecule has 12 heteroatoms. The van der Waals surface area contributed by atoms with E-state index in [2.05, 4.69) is 26.0 Å². The van der Waals surface area contributed by atoms with Gasteiger partial charge in [-0.1, -0.05) is 6.07 Å². The quantitative estimate of drug-likeness (QED) is 0.446. The predicted octanol–water partition coefficient (Wildman–Crippen LogP) is 0.729. The number of hydrogen-bond donors (Lipinski definition) is 3. The number of benzene rings is 1. The monoisotopic (exact) mass is 491 g/mol. The van der Waals surface area contributed by atoms with Gasteiger partial charge < -0.3 is 25.6 Å². The second kappa shape index (κ2) is 8.63. The third-order valence-corrected chi connectivity index (χ3v) is 6.00. The zero-order valence-corrected chi connectivity index (χ0v) is 20.0. The van der Waals surface area contributed by atoms with E-state index in [0.717, 1.165) is 5.56 Å². The molecule has 3 aromatic rings. The first-order valence-electron chi connectivity index (χ1n) is 11.4. The molecule has 2 aliphatic rings. The Bertz CT molecular complexity index is 1410. The number of nitrogens with zero attached hydrogens (tertiary/aromatic N) is 4. The molecule has 5 rings (SSSR count). The average molecular weight is 492 g/mol. The summed E-state index contributed by atoms with van der Waals surface area (Å²) in [6.45, 7) is 6.31. The van der Waals surface area contributed by atoms with Gasteiger partial charge in [-0.25, -0.2) is 9.50 Å². The van der Waals surface area contributed by atoms with E-state index in [1.54, 1.807) is 29.2 Å². The zero-order valence-electron chi connectivity index (χ0n) is 20.0. The molecule has 1 atom stereocenters. The van der Waals surface area contributed by atoms with E-state index in [4.69, 9.17) is 4.74 Å². The minimum absolute atomic E-state index is 0.0269. The number of anilines is 1. The molecule has 4 amide bonds. The van der Waals surface area contributed by atoms with Crippen molar-refractivity contribution < 1.29 is 23.9 Å². The van der Waals surface area contributed by atoms with Gasteiger partial charge in [0.15, 0.2) is 12.3 Å². The lowest BCUT2D eigenvalue weighted by Gasteiger charge is -2.47. The first kappa shape index (κ1) is 23.3. The third kappa shape index (κ3) is 4.32. The maximum atomic E-state index is 13.0. The number of hydrogen-bond acceptors (Lipinski definition) is 7. The SMILES string of the molecule is CC(C)(C)N1C[C@H](NC(=O)c2cc(C(=O)NCc3ccc4c(c3)NC(=O)CO4)nc3ccnn23)C1=O. The first-order chi connectivity index (χ1) is 17.1. The van der Waals surface area contributed by atoms with Crippen molar-refractivity contribution in [3.63, 3.8) is 0 Å². The van der Waals surface area contributed by atoms with Crippen LogP contribution in [0.25, 0.3) is 5.65 Å². The van der Waals surface area contributed by atoms with Crippen molar-refractivity contribution in [1.29, 1.82) is 0 Å². The molecule has 12 nitrogen and oxygen atoms in total. The highest BCUT2D eigenvalue weighted by Crippen LogP contribution is 2.28. The van der Waals surface area contributed by atoms with E-state index in [1.165, 1.54) is 16.8 Å². The fourth-order valence-corrected chi connectivity index (χ4v) is 4.07. The Morgan fingerprint density at radius 3 is 2.72 bits per heavy atom. The zero-order chi connectivity index (χ0) is 25.6.